The van der Waals surface area contributed by atoms with Crippen LogP contribution in [0.5, 0.6) is 11.5 Å². The number of nitrogens with zero attached hydrogens (tertiary/aromatic N) is 2. The van der Waals surface area contributed by atoms with Crippen molar-refractivity contribution in [2.75, 3.05) is 13.2 Å². The van der Waals surface area contributed by atoms with Crippen LogP contribution in [0.25, 0.3) is 21.1 Å². The van der Waals surface area contributed by atoms with Crippen LogP contribution in [0.3, 0.4) is 0 Å². The van der Waals surface area contributed by atoms with Gasteiger partial charge in [0.25, 0.3) is 0 Å². The van der Waals surface area contributed by atoms with Crippen LogP contribution in [-0.4, -0.2) is 46.6 Å². The molecule has 11 heteroatoms. The Bertz CT molecular complexity index is 1140. The van der Waals surface area contributed by atoms with E-state index in [4.69, 9.17) is 32.7 Å². The van der Waals surface area contributed by atoms with Crippen LogP contribution in [0, 0.1) is 5.82 Å². The first-order valence-electron chi connectivity index (χ1n) is 9.98. The van der Waals surface area contributed by atoms with E-state index < -0.39 is 11.9 Å². The highest BCUT2D eigenvalue weighted by Crippen LogP contribution is 2.38. The molecule has 0 aliphatic heterocycles. The molecule has 0 spiro atoms. The number of hydrogen-bond donors (Lipinski definition) is 2. The number of carbonyl (C=O) groups is 1. The van der Waals surface area contributed by atoms with Crippen LogP contribution in [0.1, 0.15) is 20.8 Å². The van der Waals surface area contributed by atoms with Crippen molar-refractivity contribution >= 4 is 40.4 Å². The Morgan fingerprint density at radius 3 is 2.52 bits per heavy atom. The number of halogens is 3. The summed E-state index contributed by atoms with van der Waals surface area (Å²) >= 11 is 13.9. The summed E-state index contributed by atoms with van der Waals surface area (Å²) in [6.07, 6.45) is -0.00889. The van der Waals surface area contributed by atoms with Crippen molar-refractivity contribution in [1.29, 1.82) is 0 Å². The molecule has 3 rings (SSSR count). The number of aromatic nitrogens is 2. The van der Waals surface area contributed by atoms with Crippen LogP contribution in [0.4, 0.5) is 4.39 Å². The van der Waals surface area contributed by atoms with Crippen molar-refractivity contribution in [3.05, 3.63) is 46.2 Å². The molecule has 1 aromatic heterocycles. The minimum Gasteiger partial charge on any atom is -0.489 e. The molecule has 1 atom stereocenters. The standard InChI is InChI=1S/C22H22Cl2FN3O4S/c1-11(2)32-19-5-4-13(6-17(19)24)21-27-28-22(33-21)15-7-18(25)20(8-16(15)23)31-10-14(9-29)26-12(3)30/h4-8,11,14,29H,9-10H2,1-3H3,(H,26,30)/t14-/m1/s1. The van der Waals surface area contributed by atoms with Gasteiger partial charge in [-0.3, -0.25) is 4.79 Å². The summed E-state index contributed by atoms with van der Waals surface area (Å²) in [5, 5.41) is 21.8. The van der Waals surface area contributed by atoms with Crippen molar-refractivity contribution in [3.63, 3.8) is 0 Å². The summed E-state index contributed by atoms with van der Waals surface area (Å²) in [6, 6.07) is 7.17. The highest BCUT2D eigenvalue weighted by molar-refractivity contribution is 7.18. The normalized spacial score (nSPS) is 12.0. The van der Waals surface area contributed by atoms with Crippen molar-refractivity contribution in [1.82, 2.24) is 15.5 Å². The summed E-state index contributed by atoms with van der Waals surface area (Å²) < 4.78 is 25.7. The van der Waals surface area contributed by atoms with E-state index in [1.807, 2.05) is 19.9 Å². The molecular formula is C22H22Cl2FN3O4S. The lowest BCUT2D eigenvalue weighted by Gasteiger charge is -2.16. The molecule has 2 N–H and O–H groups in total. The van der Waals surface area contributed by atoms with Gasteiger partial charge in [-0.25, -0.2) is 4.39 Å². The number of aliphatic hydroxyl groups excluding tert-OH is 1. The van der Waals surface area contributed by atoms with Gasteiger partial charge in [-0.05, 0) is 38.1 Å². The van der Waals surface area contributed by atoms with Crippen LogP contribution in [0.15, 0.2) is 30.3 Å². The average molecular weight is 514 g/mol. The third kappa shape index (κ3) is 6.54. The van der Waals surface area contributed by atoms with Gasteiger partial charge in [0.1, 0.15) is 22.4 Å². The number of ether oxygens (including phenoxy) is 2. The summed E-state index contributed by atoms with van der Waals surface area (Å²) in [5.41, 5.74) is 1.10. The van der Waals surface area contributed by atoms with E-state index in [-0.39, 0.29) is 36.0 Å². The minimum absolute atomic E-state index is 0.00889. The van der Waals surface area contributed by atoms with Crippen molar-refractivity contribution in [3.8, 4) is 32.6 Å². The van der Waals surface area contributed by atoms with Gasteiger partial charge < -0.3 is 19.9 Å². The third-order valence-electron chi connectivity index (χ3n) is 4.29. The van der Waals surface area contributed by atoms with Crippen molar-refractivity contribution in [2.45, 2.75) is 32.9 Å². The average Bonchev–Trinajstić information content (AvgIpc) is 3.23. The maximum atomic E-state index is 14.7. The number of aliphatic hydroxyl groups is 1. The molecule has 2 aromatic carbocycles. The molecule has 0 saturated carbocycles. The van der Waals surface area contributed by atoms with E-state index in [1.165, 1.54) is 30.4 Å². The van der Waals surface area contributed by atoms with Crippen molar-refractivity contribution < 1.29 is 23.8 Å². The monoisotopic (exact) mass is 513 g/mol. The van der Waals surface area contributed by atoms with Gasteiger partial charge in [-0.1, -0.05) is 34.5 Å². The number of carbonyl (C=O) groups excluding carboxylic acids is 1. The molecule has 0 bridgehead atoms. The Morgan fingerprint density at radius 2 is 1.88 bits per heavy atom. The predicted molar refractivity (Wildman–Crippen MR) is 127 cm³/mol. The molecule has 0 saturated heterocycles. The molecular weight excluding hydrogens is 492 g/mol. The van der Waals surface area contributed by atoms with Crippen molar-refractivity contribution in [2.24, 2.45) is 0 Å². The molecule has 0 fully saturated rings. The highest BCUT2D eigenvalue weighted by Gasteiger charge is 2.18. The number of benzene rings is 2. The molecule has 176 valence electrons. The lowest BCUT2D eigenvalue weighted by molar-refractivity contribution is -0.120. The van der Waals surface area contributed by atoms with E-state index in [2.05, 4.69) is 15.5 Å². The maximum absolute atomic E-state index is 14.7. The quantitative estimate of drug-likeness (QED) is 0.419. The molecule has 0 radical (unpaired) electrons. The molecule has 3 aromatic rings. The third-order valence-corrected chi connectivity index (χ3v) is 5.90. The summed E-state index contributed by atoms with van der Waals surface area (Å²) in [7, 11) is 0. The number of rotatable bonds is 9. The minimum atomic E-state index is -0.671. The summed E-state index contributed by atoms with van der Waals surface area (Å²) in [4.78, 5) is 11.1. The first kappa shape index (κ1) is 25.2. The first-order valence-corrected chi connectivity index (χ1v) is 11.6. The Labute approximate surface area is 204 Å². The largest absolute Gasteiger partial charge is 0.489 e. The van der Waals surface area contributed by atoms with Crippen LogP contribution in [-0.2, 0) is 4.79 Å². The molecule has 0 unspecified atom stereocenters. The molecule has 0 aliphatic carbocycles. The molecule has 1 amide bonds. The number of nitrogens with one attached hydrogen (secondary N) is 1. The van der Waals surface area contributed by atoms with Gasteiger partial charge in [-0.15, -0.1) is 10.2 Å². The van der Waals surface area contributed by atoms with Gasteiger partial charge in [-0.2, -0.15) is 0 Å². The van der Waals surface area contributed by atoms with Gasteiger partial charge in [0, 0.05) is 24.1 Å². The second kappa shape index (κ2) is 11.1. The Balaban J connectivity index is 1.79. The number of amides is 1. The van der Waals surface area contributed by atoms with E-state index in [0.717, 1.165) is 5.56 Å². The van der Waals surface area contributed by atoms with Gasteiger partial charge in [0.15, 0.2) is 11.6 Å². The Morgan fingerprint density at radius 1 is 1.15 bits per heavy atom. The van der Waals surface area contributed by atoms with Crippen LogP contribution < -0.4 is 14.8 Å². The summed E-state index contributed by atoms with van der Waals surface area (Å²) in [5.74, 6) is -0.529. The Hall–Kier alpha value is -2.46. The van der Waals surface area contributed by atoms with E-state index in [0.29, 0.717) is 26.4 Å². The fraction of sp³-hybridized carbons (Fsp3) is 0.318. The second-order valence-corrected chi connectivity index (χ2v) is 9.17. The number of hydrogen-bond acceptors (Lipinski definition) is 7. The highest BCUT2D eigenvalue weighted by atomic mass is 35.5. The molecule has 1 heterocycles. The first-order chi connectivity index (χ1) is 15.7. The lowest BCUT2D eigenvalue weighted by atomic mass is 10.2. The SMILES string of the molecule is CC(=O)N[C@H](CO)COc1cc(Cl)c(-c2nnc(-c3ccc(OC(C)C)c(Cl)c3)s2)cc1F. The lowest BCUT2D eigenvalue weighted by Crippen LogP contribution is -2.40. The Kier molecular flexibility index (Phi) is 8.47. The van der Waals surface area contributed by atoms with E-state index >= 15 is 0 Å². The van der Waals surface area contributed by atoms with Crippen LogP contribution in [0.2, 0.25) is 10.0 Å². The van der Waals surface area contributed by atoms with Crippen LogP contribution >= 0.6 is 34.5 Å². The molecule has 0 aliphatic rings. The van der Waals surface area contributed by atoms with Gasteiger partial charge in [0.2, 0.25) is 5.91 Å². The zero-order chi connectivity index (χ0) is 24.1. The predicted octanol–water partition coefficient (Wildman–Crippen LogP) is 4.98. The molecule has 33 heavy (non-hydrogen) atoms. The van der Waals surface area contributed by atoms with Gasteiger partial charge in [0.05, 0.1) is 28.8 Å². The fourth-order valence-corrected chi connectivity index (χ4v) is 4.25. The van der Waals surface area contributed by atoms with E-state index in [1.54, 1.807) is 12.1 Å². The topological polar surface area (TPSA) is 93.6 Å². The fourth-order valence-electron chi connectivity index (χ4n) is 2.85. The second-order valence-electron chi connectivity index (χ2n) is 7.38. The zero-order valence-electron chi connectivity index (χ0n) is 18.1. The van der Waals surface area contributed by atoms with Gasteiger partial charge >= 0.3 is 0 Å². The maximum Gasteiger partial charge on any atom is 0.217 e. The summed E-state index contributed by atoms with van der Waals surface area (Å²) in [6.45, 7) is 4.66. The molecule has 7 nitrogen and oxygen atoms in total. The smallest absolute Gasteiger partial charge is 0.217 e. The zero-order valence-corrected chi connectivity index (χ0v) is 20.4. The van der Waals surface area contributed by atoms with E-state index in [9.17, 15) is 14.3 Å².